The van der Waals surface area contributed by atoms with Crippen molar-refractivity contribution in [2.75, 3.05) is 34.3 Å². The molecule has 2 saturated carbocycles. The van der Waals surface area contributed by atoms with Crippen LogP contribution in [0.4, 0.5) is 0 Å². The third-order valence-electron chi connectivity index (χ3n) is 9.78. The van der Waals surface area contributed by atoms with Crippen LogP contribution in [0.15, 0.2) is 23.0 Å². The Balaban J connectivity index is 1.61. The first-order valence-corrected chi connectivity index (χ1v) is 14.6. The van der Waals surface area contributed by atoms with Gasteiger partial charge in [-0.15, -0.1) is 0 Å². The Morgan fingerprint density at radius 2 is 1.83 bits per heavy atom. The highest BCUT2D eigenvalue weighted by atomic mass is 16.5. The number of nitrogens with zero attached hydrogens (tertiary/aromatic N) is 2. The minimum atomic E-state index is -2.66. The molecule has 11 nitrogen and oxygen atoms in total. The molecule has 6 N–H and O–H groups in total. The summed E-state index contributed by atoms with van der Waals surface area (Å²) in [5.41, 5.74) is 3.05. The number of methoxy groups -OCH3 is 1. The second kappa shape index (κ2) is 11.0. The summed E-state index contributed by atoms with van der Waals surface area (Å²) in [7, 11) is 4.68. The number of ether oxygens (including phenoxy) is 1. The first-order valence-electron chi connectivity index (χ1n) is 14.6. The fraction of sp³-hybridized carbons (Fsp3) is 0.581. The largest absolute Gasteiger partial charge is 0.508 e. The number of carbonyl (C=O) groups excluding carboxylic acids is 3. The molecule has 11 heteroatoms. The lowest BCUT2D eigenvalue weighted by Crippen LogP contribution is -2.65. The van der Waals surface area contributed by atoms with Crippen LogP contribution in [0.3, 0.4) is 0 Å². The molecule has 4 aliphatic rings. The zero-order valence-electron chi connectivity index (χ0n) is 24.6. The Morgan fingerprint density at radius 1 is 1.17 bits per heavy atom. The van der Waals surface area contributed by atoms with Crippen LogP contribution < -0.4 is 10.5 Å². The number of Topliss-reactive ketones (excluding diaryl/α,β-unsaturated/α-hetero) is 2. The van der Waals surface area contributed by atoms with Gasteiger partial charge in [-0.05, 0) is 64.2 Å². The molecule has 1 aromatic carbocycles. The quantitative estimate of drug-likeness (QED) is 0.285. The Hall–Kier alpha value is -3.41. The Kier molecular flexibility index (Phi) is 7.88. The summed E-state index contributed by atoms with van der Waals surface area (Å²) in [6.07, 6.45) is 5.11. The summed E-state index contributed by atoms with van der Waals surface area (Å²) in [5, 5.41) is 45.4. The number of carbonyl (C=O) groups is 3. The van der Waals surface area contributed by atoms with Crippen molar-refractivity contribution in [3.8, 4) is 11.5 Å². The molecule has 0 saturated heterocycles. The maximum absolute atomic E-state index is 14.0. The van der Waals surface area contributed by atoms with Gasteiger partial charge in [-0.2, -0.15) is 0 Å². The molecule has 0 bridgehead atoms. The number of amides is 1. The van der Waals surface area contributed by atoms with E-state index in [0.29, 0.717) is 23.8 Å². The molecule has 0 aliphatic heterocycles. The third kappa shape index (κ3) is 4.49. The average Bonchev–Trinajstić information content (AvgIpc) is 3.43. The number of phenolic OH excluding ortho intramolecular Hbond substituents is 1. The highest BCUT2D eigenvalue weighted by Gasteiger charge is 2.64. The summed E-state index contributed by atoms with van der Waals surface area (Å²) < 4.78 is 5.86. The number of aliphatic hydroxyl groups is 3. The van der Waals surface area contributed by atoms with Gasteiger partial charge in [0.2, 0.25) is 5.78 Å². The molecule has 42 heavy (non-hydrogen) atoms. The first-order chi connectivity index (χ1) is 19.9. The van der Waals surface area contributed by atoms with Gasteiger partial charge in [-0.3, -0.25) is 24.2 Å². The Morgan fingerprint density at radius 3 is 2.40 bits per heavy atom. The number of hydrogen-bond donors (Lipinski definition) is 5. The van der Waals surface area contributed by atoms with E-state index in [0.717, 1.165) is 18.7 Å². The predicted molar refractivity (Wildman–Crippen MR) is 154 cm³/mol. The smallest absolute Gasteiger partial charge is 0.255 e. The van der Waals surface area contributed by atoms with Gasteiger partial charge < -0.3 is 30.9 Å². The van der Waals surface area contributed by atoms with Crippen LogP contribution >= 0.6 is 0 Å². The normalized spacial score (nSPS) is 27.9. The number of benzene rings is 1. The summed E-state index contributed by atoms with van der Waals surface area (Å²) >= 11 is 0. The summed E-state index contributed by atoms with van der Waals surface area (Å²) in [6.45, 7) is 4.38. The fourth-order valence-electron chi connectivity index (χ4n) is 7.83. The first kappa shape index (κ1) is 30.1. The Labute approximate surface area is 245 Å². The molecule has 0 heterocycles. The number of rotatable bonds is 8. The maximum Gasteiger partial charge on any atom is 0.255 e. The van der Waals surface area contributed by atoms with E-state index in [-0.39, 0.29) is 29.7 Å². The van der Waals surface area contributed by atoms with Crippen molar-refractivity contribution in [1.82, 2.24) is 9.80 Å². The van der Waals surface area contributed by atoms with Crippen LogP contribution in [0.1, 0.15) is 55.7 Å². The van der Waals surface area contributed by atoms with Crippen LogP contribution in [0.2, 0.25) is 0 Å². The van der Waals surface area contributed by atoms with Crippen LogP contribution in [0.5, 0.6) is 11.5 Å². The third-order valence-corrected chi connectivity index (χ3v) is 9.78. The maximum atomic E-state index is 14.0. The number of primary amides is 1. The number of likely N-dealkylation sites (N-methyl/N-ethyl adjacent to an activating group) is 1. The van der Waals surface area contributed by atoms with Gasteiger partial charge in [0.05, 0.1) is 18.7 Å². The molecule has 4 atom stereocenters. The van der Waals surface area contributed by atoms with Crippen LogP contribution in [0.25, 0.3) is 5.76 Å². The van der Waals surface area contributed by atoms with E-state index < -0.39 is 58.0 Å². The molecule has 228 valence electrons. The molecule has 0 radical (unpaired) electrons. The van der Waals surface area contributed by atoms with Gasteiger partial charge in [-0.25, -0.2) is 0 Å². The predicted octanol–water partition coefficient (Wildman–Crippen LogP) is 1.98. The van der Waals surface area contributed by atoms with E-state index in [9.17, 15) is 34.8 Å². The second-order valence-corrected chi connectivity index (χ2v) is 12.4. The second-order valence-electron chi connectivity index (χ2n) is 12.4. The fourth-order valence-corrected chi connectivity index (χ4v) is 7.83. The number of hydrogen-bond acceptors (Lipinski definition) is 10. The molecule has 0 aromatic heterocycles. The van der Waals surface area contributed by atoms with E-state index in [2.05, 4.69) is 11.8 Å². The summed E-state index contributed by atoms with van der Waals surface area (Å²) in [4.78, 5) is 43.2. The van der Waals surface area contributed by atoms with Crippen molar-refractivity contribution >= 4 is 23.2 Å². The average molecular weight is 584 g/mol. The van der Waals surface area contributed by atoms with E-state index >= 15 is 0 Å². The molecule has 1 amide bonds. The van der Waals surface area contributed by atoms with Gasteiger partial charge in [0.25, 0.3) is 5.91 Å². The molecule has 0 spiro atoms. The summed E-state index contributed by atoms with van der Waals surface area (Å²) in [5.74, 6) is -5.56. The number of aliphatic hydroxyl groups excluding tert-OH is 2. The van der Waals surface area contributed by atoms with Crippen LogP contribution in [-0.2, 0) is 27.3 Å². The Bertz CT molecular complexity index is 1390. The molecular formula is C31H41N3O8. The zero-order valence-corrected chi connectivity index (χ0v) is 24.6. The number of ketones is 2. The van der Waals surface area contributed by atoms with Crippen molar-refractivity contribution in [2.24, 2.45) is 23.5 Å². The minimum Gasteiger partial charge on any atom is -0.508 e. The molecule has 4 aliphatic carbocycles. The van der Waals surface area contributed by atoms with E-state index in [1.165, 1.54) is 37.7 Å². The van der Waals surface area contributed by atoms with Crippen LogP contribution in [0, 0.1) is 17.8 Å². The van der Waals surface area contributed by atoms with Crippen LogP contribution in [-0.4, -0.2) is 93.6 Å². The highest BCUT2D eigenvalue weighted by Crippen LogP contribution is 2.54. The van der Waals surface area contributed by atoms with Crippen molar-refractivity contribution in [2.45, 2.75) is 63.6 Å². The van der Waals surface area contributed by atoms with Crippen molar-refractivity contribution in [3.63, 3.8) is 0 Å². The number of phenols is 1. The molecule has 0 unspecified atom stereocenters. The van der Waals surface area contributed by atoms with E-state index in [1.807, 2.05) is 0 Å². The SMILES string of the molecule is CCN(Cc1cc(O)c2c(c1OC)C[C@H]1C[C@H]3[C@H](N(C)C)C(=O)C(C(N)=O)=C(O)[C@@]3(O)C(=O)C1=C2O)CC1CCCC1. The minimum absolute atomic E-state index is 0.0304. The number of fused-ring (bicyclic) bond motifs is 3. The van der Waals surface area contributed by atoms with Gasteiger partial charge in [0.15, 0.2) is 11.4 Å². The topological polar surface area (TPSA) is 174 Å². The van der Waals surface area contributed by atoms with Gasteiger partial charge in [0, 0.05) is 35.7 Å². The van der Waals surface area contributed by atoms with Gasteiger partial charge >= 0.3 is 0 Å². The number of aromatic hydroxyl groups is 1. The van der Waals surface area contributed by atoms with Gasteiger partial charge in [-0.1, -0.05) is 19.8 Å². The standard InChI is InChI=1S/C31H41N3O8/c1-5-34(13-15-8-6-7-9-15)14-17-12-20(35)22-18(27(17)42-4)10-16-11-19-24(33(2)3)26(37)23(30(32)40)29(39)31(19,41)28(38)21(16)25(22)36/h12,15-16,19,24,35-36,39,41H,5-11,13-14H2,1-4H3,(H2,32,40)/t16-,19-,24-,31-/m0/s1. The molecule has 1 aromatic rings. The number of nitrogens with two attached hydrogens (primary N) is 1. The van der Waals surface area contributed by atoms with Crippen molar-refractivity contribution in [1.29, 1.82) is 0 Å². The van der Waals surface area contributed by atoms with Crippen molar-refractivity contribution in [3.05, 3.63) is 39.7 Å². The van der Waals surface area contributed by atoms with Gasteiger partial charge in [0.1, 0.15) is 28.6 Å². The lowest BCUT2D eigenvalue weighted by Gasteiger charge is -2.50. The molecule has 5 rings (SSSR count). The highest BCUT2D eigenvalue weighted by molar-refractivity contribution is 6.24. The molecule has 2 fully saturated rings. The molecular weight excluding hydrogens is 542 g/mol. The lowest BCUT2D eigenvalue weighted by molar-refractivity contribution is -0.153. The monoisotopic (exact) mass is 583 g/mol. The lowest BCUT2D eigenvalue weighted by atomic mass is 9.57. The summed E-state index contributed by atoms with van der Waals surface area (Å²) in [6, 6.07) is 0.415. The van der Waals surface area contributed by atoms with E-state index in [1.54, 1.807) is 20.2 Å². The zero-order chi connectivity index (χ0) is 30.7. The van der Waals surface area contributed by atoms with Crippen molar-refractivity contribution < 1.29 is 39.5 Å². The van der Waals surface area contributed by atoms with E-state index in [4.69, 9.17) is 10.5 Å².